The molecule has 10 heteroatoms. The van der Waals surface area contributed by atoms with E-state index in [1.54, 1.807) is 0 Å². The predicted octanol–water partition coefficient (Wildman–Crippen LogP) is 3.68. The molecule has 0 radical (unpaired) electrons. The molecule has 184 valence electrons. The number of piperidine rings is 1. The molecule has 8 nitrogen and oxygen atoms in total. The third-order valence-electron chi connectivity index (χ3n) is 7.20. The van der Waals surface area contributed by atoms with Crippen LogP contribution in [0.15, 0.2) is 42.5 Å². The number of halogens is 2. The van der Waals surface area contributed by atoms with Gasteiger partial charge >= 0.3 is 5.97 Å². The molecule has 4 atom stereocenters. The molecule has 1 saturated heterocycles. The molecule has 3 N–H and O–H groups in total. The number of carboxylic acid groups (broad SMARTS) is 1. The van der Waals surface area contributed by atoms with Gasteiger partial charge in [-0.3, -0.25) is 9.69 Å². The van der Waals surface area contributed by atoms with Crippen LogP contribution in [-0.2, 0) is 17.9 Å². The van der Waals surface area contributed by atoms with Crippen molar-refractivity contribution in [3.8, 4) is 0 Å². The van der Waals surface area contributed by atoms with Crippen LogP contribution in [0.25, 0.3) is 10.8 Å². The van der Waals surface area contributed by atoms with Crippen LogP contribution < -0.4 is 5.32 Å². The smallest absolute Gasteiger partial charge is 0.320 e. The minimum Gasteiger partial charge on any atom is -0.480 e. The first-order valence-electron chi connectivity index (χ1n) is 11.5. The van der Waals surface area contributed by atoms with Crippen molar-refractivity contribution in [2.45, 2.75) is 44.8 Å². The van der Waals surface area contributed by atoms with Gasteiger partial charge in [0, 0.05) is 13.1 Å². The minimum absolute atomic E-state index is 0. The van der Waals surface area contributed by atoms with Crippen molar-refractivity contribution in [1.82, 2.24) is 30.8 Å². The number of rotatable bonds is 7. The second-order valence-corrected chi connectivity index (χ2v) is 9.41. The van der Waals surface area contributed by atoms with E-state index in [4.69, 9.17) is 0 Å². The molecule has 2 aromatic carbocycles. The Hall–Kier alpha value is -2.26. The molecule has 5 rings (SSSR count). The molecule has 2 heterocycles. The van der Waals surface area contributed by atoms with E-state index in [0.29, 0.717) is 30.1 Å². The molecular weight excluding hydrogens is 475 g/mol. The second kappa shape index (κ2) is 11.9. The van der Waals surface area contributed by atoms with Crippen molar-refractivity contribution in [2.24, 2.45) is 17.8 Å². The number of fused-ring (bicyclic) bond motifs is 2. The number of aromatic nitrogens is 4. The van der Waals surface area contributed by atoms with Gasteiger partial charge in [-0.05, 0) is 72.4 Å². The van der Waals surface area contributed by atoms with Gasteiger partial charge in [0.25, 0.3) is 0 Å². The van der Waals surface area contributed by atoms with Crippen molar-refractivity contribution in [3.05, 3.63) is 53.9 Å². The molecule has 1 aliphatic carbocycles. The van der Waals surface area contributed by atoms with E-state index in [2.05, 4.69) is 73.3 Å². The Kier molecular flexibility index (Phi) is 9.24. The SMILES string of the molecule is Cl.Cl.O=C(O)[C@@H]1C[C@H]2C[C@@H](CN(Cc3ccc4ccccc4c3)Cc3nn[nH]n3)CC[C@H]2CN1. The summed E-state index contributed by atoms with van der Waals surface area (Å²) in [5, 5.41) is 29.8. The number of nitrogens with zero attached hydrogens (tertiary/aromatic N) is 4. The highest BCUT2D eigenvalue weighted by Gasteiger charge is 2.38. The highest BCUT2D eigenvalue weighted by atomic mass is 35.5. The predicted molar refractivity (Wildman–Crippen MR) is 135 cm³/mol. The molecule has 1 aliphatic heterocycles. The molecule has 0 amide bonds. The summed E-state index contributed by atoms with van der Waals surface area (Å²) in [4.78, 5) is 13.9. The van der Waals surface area contributed by atoms with Gasteiger partial charge in [-0.25, -0.2) is 0 Å². The Bertz CT molecular complexity index is 1070. The molecule has 0 spiro atoms. The van der Waals surface area contributed by atoms with Gasteiger partial charge < -0.3 is 10.4 Å². The first-order valence-corrected chi connectivity index (χ1v) is 11.5. The molecule has 0 unspecified atom stereocenters. The van der Waals surface area contributed by atoms with E-state index < -0.39 is 12.0 Å². The Balaban J connectivity index is 0.00000162. The van der Waals surface area contributed by atoms with E-state index in [1.165, 1.54) is 29.2 Å². The zero-order valence-electron chi connectivity index (χ0n) is 19.0. The quantitative estimate of drug-likeness (QED) is 0.448. The average Bonchev–Trinajstić information content (AvgIpc) is 3.31. The lowest BCUT2D eigenvalue weighted by atomic mass is 9.69. The van der Waals surface area contributed by atoms with E-state index >= 15 is 0 Å². The number of aliphatic carboxylic acids is 1. The summed E-state index contributed by atoms with van der Waals surface area (Å²) in [5.74, 6) is 1.63. The molecule has 1 saturated carbocycles. The van der Waals surface area contributed by atoms with Gasteiger partial charge in [0.05, 0.1) is 6.54 Å². The Morgan fingerprint density at radius 1 is 1.03 bits per heavy atom. The number of aromatic amines is 1. The van der Waals surface area contributed by atoms with E-state index in [0.717, 1.165) is 32.5 Å². The third kappa shape index (κ3) is 6.24. The molecule has 2 aliphatic rings. The molecule has 34 heavy (non-hydrogen) atoms. The van der Waals surface area contributed by atoms with Gasteiger partial charge in [0.1, 0.15) is 6.04 Å². The van der Waals surface area contributed by atoms with Crippen LogP contribution in [-0.4, -0.2) is 55.7 Å². The number of hydrogen-bond donors (Lipinski definition) is 3. The monoisotopic (exact) mass is 506 g/mol. The lowest BCUT2D eigenvalue weighted by Gasteiger charge is -2.42. The highest BCUT2D eigenvalue weighted by Crippen LogP contribution is 2.39. The van der Waals surface area contributed by atoms with E-state index in [-0.39, 0.29) is 24.8 Å². The number of benzene rings is 2. The van der Waals surface area contributed by atoms with E-state index in [9.17, 15) is 9.90 Å². The molecule has 0 bridgehead atoms. The average molecular weight is 507 g/mol. The lowest BCUT2D eigenvalue weighted by molar-refractivity contribution is -0.141. The van der Waals surface area contributed by atoms with Gasteiger partial charge in [-0.1, -0.05) is 41.6 Å². The Labute approximate surface area is 211 Å². The molecule has 1 aromatic heterocycles. The number of carbonyl (C=O) groups is 1. The van der Waals surface area contributed by atoms with Crippen LogP contribution >= 0.6 is 24.8 Å². The van der Waals surface area contributed by atoms with Crippen molar-refractivity contribution >= 4 is 41.6 Å². The van der Waals surface area contributed by atoms with Crippen LogP contribution in [0.5, 0.6) is 0 Å². The summed E-state index contributed by atoms with van der Waals surface area (Å²) in [6, 6.07) is 14.7. The molecular formula is C24H32Cl2N6O2. The first-order chi connectivity index (χ1) is 15.6. The van der Waals surface area contributed by atoms with Crippen molar-refractivity contribution in [1.29, 1.82) is 0 Å². The highest BCUT2D eigenvalue weighted by molar-refractivity contribution is 5.85. The molecule has 2 fully saturated rings. The fourth-order valence-electron chi connectivity index (χ4n) is 5.61. The van der Waals surface area contributed by atoms with Gasteiger partial charge in [-0.2, -0.15) is 5.21 Å². The third-order valence-corrected chi connectivity index (χ3v) is 7.20. The van der Waals surface area contributed by atoms with Crippen molar-refractivity contribution < 1.29 is 9.90 Å². The summed E-state index contributed by atoms with van der Waals surface area (Å²) in [6.45, 7) is 3.25. The standard InChI is InChI=1S/C24H30N6O2.2ClH/c31-24(32)22-11-21-10-17(6-8-20(21)12-25-22)14-30(15-23-26-28-29-27-23)13-16-5-7-18-3-1-2-4-19(18)9-16;;/h1-5,7,9,17,20-22,25H,6,8,10-15H2,(H,31,32)(H,26,27,28,29);2*1H/t17-,20-,21+,22-;;/m0../s1. The number of tetrazole rings is 1. The van der Waals surface area contributed by atoms with Gasteiger partial charge in [0.15, 0.2) is 5.82 Å². The maximum absolute atomic E-state index is 11.5. The first kappa shape index (κ1) is 26.3. The Morgan fingerprint density at radius 3 is 2.62 bits per heavy atom. The zero-order chi connectivity index (χ0) is 21.9. The van der Waals surface area contributed by atoms with Crippen LogP contribution in [0.3, 0.4) is 0 Å². The van der Waals surface area contributed by atoms with Crippen LogP contribution in [0.2, 0.25) is 0 Å². The fourth-order valence-corrected chi connectivity index (χ4v) is 5.61. The number of carboxylic acids is 1. The summed E-state index contributed by atoms with van der Waals surface area (Å²) < 4.78 is 0. The normalized spacial score (nSPS) is 24.1. The lowest BCUT2D eigenvalue weighted by Crippen LogP contribution is -2.50. The maximum Gasteiger partial charge on any atom is 0.320 e. The van der Waals surface area contributed by atoms with Crippen LogP contribution in [0, 0.1) is 17.8 Å². The Morgan fingerprint density at radius 2 is 1.85 bits per heavy atom. The molecule has 3 aromatic rings. The number of H-pyrrole nitrogens is 1. The zero-order valence-corrected chi connectivity index (χ0v) is 20.6. The van der Waals surface area contributed by atoms with Crippen molar-refractivity contribution in [2.75, 3.05) is 13.1 Å². The van der Waals surface area contributed by atoms with E-state index in [1.807, 2.05) is 0 Å². The fraction of sp³-hybridized carbons (Fsp3) is 0.500. The summed E-state index contributed by atoms with van der Waals surface area (Å²) in [6.07, 6.45) is 4.18. The van der Waals surface area contributed by atoms with Gasteiger partial charge in [0.2, 0.25) is 0 Å². The topological polar surface area (TPSA) is 107 Å². The largest absolute Gasteiger partial charge is 0.480 e. The number of nitrogens with one attached hydrogen (secondary N) is 2. The summed E-state index contributed by atoms with van der Waals surface area (Å²) in [7, 11) is 0. The van der Waals surface area contributed by atoms with Crippen LogP contribution in [0.4, 0.5) is 0 Å². The van der Waals surface area contributed by atoms with Crippen molar-refractivity contribution in [3.63, 3.8) is 0 Å². The van der Waals surface area contributed by atoms with Gasteiger partial charge in [-0.15, -0.1) is 35.0 Å². The maximum atomic E-state index is 11.5. The second-order valence-electron chi connectivity index (χ2n) is 9.41. The summed E-state index contributed by atoms with van der Waals surface area (Å²) >= 11 is 0. The van der Waals surface area contributed by atoms with Crippen LogP contribution in [0.1, 0.15) is 37.1 Å². The minimum atomic E-state index is -0.722. The summed E-state index contributed by atoms with van der Waals surface area (Å²) in [5.41, 5.74) is 1.27. The number of hydrogen-bond acceptors (Lipinski definition) is 6.